The Balaban J connectivity index is 2.25. The largest absolute Gasteiger partial charge is 0.573 e. The van der Waals surface area contributed by atoms with Crippen LogP contribution in [0.5, 0.6) is 5.75 Å². The first-order valence-corrected chi connectivity index (χ1v) is 7.16. The number of benzene rings is 1. The average Bonchev–Trinajstić information content (AvgIpc) is 2.39. The van der Waals surface area contributed by atoms with Crippen LogP contribution in [0.4, 0.5) is 13.2 Å². The molecule has 20 heavy (non-hydrogen) atoms. The molecule has 0 radical (unpaired) electrons. The maximum atomic E-state index is 12.5. The highest BCUT2D eigenvalue weighted by molar-refractivity contribution is 9.10. The van der Waals surface area contributed by atoms with Crippen molar-refractivity contribution < 1.29 is 17.9 Å². The van der Waals surface area contributed by atoms with Gasteiger partial charge in [0.15, 0.2) is 0 Å². The lowest BCUT2D eigenvalue weighted by molar-refractivity contribution is -0.275. The van der Waals surface area contributed by atoms with Gasteiger partial charge in [-0.2, -0.15) is 0 Å². The van der Waals surface area contributed by atoms with Crippen LogP contribution < -0.4 is 10.1 Å². The van der Waals surface area contributed by atoms with E-state index in [1.807, 2.05) is 6.92 Å². The molecule has 0 aliphatic carbocycles. The topological polar surface area (TPSA) is 24.5 Å². The number of rotatable bonds is 3. The zero-order valence-electron chi connectivity index (χ0n) is 11.0. The molecule has 1 saturated heterocycles. The number of nitrogens with one attached hydrogen (secondary N) is 1. The van der Waals surface area contributed by atoms with Crippen LogP contribution in [-0.4, -0.2) is 37.4 Å². The summed E-state index contributed by atoms with van der Waals surface area (Å²) >= 11 is 3.30. The summed E-state index contributed by atoms with van der Waals surface area (Å²) in [6.45, 7) is 5.19. The standard InChI is InChI=1S/C13H16BrF3N2O/c1-9(19-6-4-18-5-7-19)11-8-10(14)2-3-12(11)20-13(15,16)17/h2-3,8-9,18H,4-7H2,1H3/t9-/m1/s1. The molecule has 0 amide bonds. The highest BCUT2D eigenvalue weighted by Crippen LogP contribution is 2.35. The van der Waals surface area contributed by atoms with E-state index in [2.05, 4.69) is 30.9 Å². The lowest BCUT2D eigenvalue weighted by Crippen LogP contribution is -2.44. The molecule has 1 aromatic rings. The maximum Gasteiger partial charge on any atom is 0.573 e. The zero-order valence-corrected chi connectivity index (χ0v) is 12.6. The van der Waals surface area contributed by atoms with Crippen molar-refractivity contribution >= 4 is 15.9 Å². The monoisotopic (exact) mass is 352 g/mol. The minimum Gasteiger partial charge on any atom is -0.405 e. The summed E-state index contributed by atoms with van der Waals surface area (Å²) in [5, 5.41) is 3.22. The molecule has 0 unspecified atom stereocenters. The summed E-state index contributed by atoms with van der Waals surface area (Å²) < 4.78 is 42.3. The van der Waals surface area contributed by atoms with Crippen molar-refractivity contribution in [2.75, 3.05) is 26.2 Å². The quantitative estimate of drug-likeness (QED) is 0.903. The summed E-state index contributed by atoms with van der Waals surface area (Å²) in [5.41, 5.74) is 0.540. The minimum absolute atomic E-state index is 0.132. The van der Waals surface area contributed by atoms with E-state index >= 15 is 0 Å². The van der Waals surface area contributed by atoms with Gasteiger partial charge in [-0.15, -0.1) is 13.2 Å². The molecule has 0 spiro atoms. The molecular formula is C13H16BrF3N2O. The van der Waals surface area contributed by atoms with Gasteiger partial charge in [0.25, 0.3) is 0 Å². The Morgan fingerprint density at radius 1 is 1.30 bits per heavy atom. The Morgan fingerprint density at radius 2 is 1.95 bits per heavy atom. The maximum absolute atomic E-state index is 12.5. The molecule has 1 N–H and O–H groups in total. The molecule has 112 valence electrons. The van der Waals surface area contributed by atoms with Gasteiger partial charge in [-0.05, 0) is 25.1 Å². The molecule has 1 atom stereocenters. The molecule has 1 aromatic carbocycles. The summed E-state index contributed by atoms with van der Waals surface area (Å²) in [6, 6.07) is 4.46. The van der Waals surface area contributed by atoms with Gasteiger partial charge in [-0.1, -0.05) is 15.9 Å². The van der Waals surface area contributed by atoms with Crippen molar-refractivity contribution in [3.63, 3.8) is 0 Å². The smallest absolute Gasteiger partial charge is 0.405 e. The average molecular weight is 353 g/mol. The second-order valence-corrected chi connectivity index (χ2v) is 5.61. The van der Waals surface area contributed by atoms with E-state index in [0.29, 0.717) is 5.56 Å². The van der Waals surface area contributed by atoms with Gasteiger partial charge in [0.2, 0.25) is 0 Å². The first-order chi connectivity index (χ1) is 9.37. The third-order valence-electron chi connectivity index (χ3n) is 3.35. The first kappa shape index (κ1) is 15.6. The fraction of sp³-hybridized carbons (Fsp3) is 0.538. The third kappa shape index (κ3) is 4.10. The number of halogens is 4. The Hall–Kier alpha value is -0.790. The normalized spacial score (nSPS) is 18.9. The molecule has 2 rings (SSSR count). The Bertz CT molecular complexity index is 461. The van der Waals surface area contributed by atoms with Crippen molar-refractivity contribution in [2.45, 2.75) is 19.3 Å². The predicted octanol–water partition coefficient (Wildman–Crippen LogP) is 3.31. The molecule has 1 aliphatic heterocycles. The summed E-state index contributed by atoms with van der Waals surface area (Å²) in [4.78, 5) is 2.14. The highest BCUT2D eigenvalue weighted by atomic mass is 79.9. The molecular weight excluding hydrogens is 337 g/mol. The molecule has 1 fully saturated rings. The van der Waals surface area contributed by atoms with Crippen molar-refractivity contribution in [1.29, 1.82) is 0 Å². The second-order valence-electron chi connectivity index (χ2n) is 4.69. The predicted molar refractivity (Wildman–Crippen MR) is 73.7 cm³/mol. The van der Waals surface area contributed by atoms with E-state index in [-0.39, 0.29) is 11.8 Å². The molecule has 0 saturated carbocycles. The highest BCUT2D eigenvalue weighted by Gasteiger charge is 2.33. The van der Waals surface area contributed by atoms with E-state index in [1.165, 1.54) is 6.07 Å². The number of alkyl halides is 3. The Kier molecular flexibility index (Phi) is 4.93. The van der Waals surface area contributed by atoms with E-state index in [0.717, 1.165) is 30.7 Å². The third-order valence-corrected chi connectivity index (χ3v) is 3.84. The van der Waals surface area contributed by atoms with Gasteiger partial charge >= 0.3 is 6.36 Å². The van der Waals surface area contributed by atoms with E-state index in [1.54, 1.807) is 12.1 Å². The van der Waals surface area contributed by atoms with Crippen LogP contribution in [0, 0.1) is 0 Å². The van der Waals surface area contributed by atoms with Gasteiger partial charge in [0.1, 0.15) is 5.75 Å². The van der Waals surface area contributed by atoms with Gasteiger partial charge in [0, 0.05) is 42.3 Å². The van der Waals surface area contributed by atoms with Crippen LogP contribution in [0.3, 0.4) is 0 Å². The van der Waals surface area contributed by atoms with E-state index in [4.69, 9.17) is 0 Å². The summed E-state index contributed by atoms with van der Waals surface area (Å²) in [6.07, 6.45) is -4.67. The molecule has 7 heteroatoms. The van der Waals surface area contributed by atoms with Crippen LogP contribution in [0.15, 0.2) is 22.7 Å². The van der Waals surface area contributed by atoms with Crippen molar-refractivity contribution in [3.8, 4) is 5.75 Å². The number of hydrogen-bond donors (Lipinski definition) is 1. The van der Waals surface area contributed by atoms with Crippen molar-refractivity contribution in [2.24, 2.45) is 0 Å². The van der Waals surface area contributed by atoms with Crippen LogP contribution in [-0.2, 0) is 0 Å². The van der Waals surface area contributed by atoms with Gasteiger partial charge in [-0.25, -0.2) is 0 Å². The van der Waals surface area contributed by atoms with Crippen molar-refractivity contribution in [1.82, 2.24) is 10.2 Å². The number of ether oxygens (including phenoxy) is 1. The number of hydrogen-bond acceptors (Lipinski definition) is 3. The fourth-order valence-corrected chi connectivity index (χ4v) is 2.71. The van der Waals surface area contributed by atoms with Crippen LogP contribution in [0.2, 0.25) is 0 Å². The molecule has 1 aliphatic rings. The van der Waals surface area contributed by atoms with Crippen LogP contribution in [0.25, 0.3) is 0 Å². The van der Waals surface area contributed by atoms with Gasteiger partial charge in [-0.3, -0.25) is 4.90 Å². The second kappa shape index (κ2) is 6.32. The minimum atomic E-state index is -4.67. The summed E-state index contributed by atoms with van der Waals surface area (Å²) in [7, 11) is 0. The van der Waals surface area contributed by atoms with Gasteiger partial charge < -0.3 is 10.1 Å². The summed E-state index contributed by atoms with van der Waals surface area (Å²) in [5.74, 6) is -0.133. The lowest BCUT2D eigenvalue weighted by atomic mass is 10.1. The van der Waals surface area contributed by atoms with Crippen LogP contribution >= 0.6 is 15.9 Å². The van der Waals surface area contributed by atoms with E-state index in [9.17, 15) is 13.2 Å². The number of piperazine rings is 1. The Labute approximate surface area is 124 Å². The van der Waals surface area contributed by atoms with Crippen molar-refractivity contribution in [3.05, 3.63) is 28.2 Å². The zero-order chi connectivity index (χ0) is 14.8. The Morgan fingerprint density at radius 3 is 2.55 bits per heavy atom. The first-order valence-electron chi connectivity index (χ1n) is 6.37. The SMILES string of the molecule is C[C@H](c1cc(Br)ccc1OC(F)(F)F)N1CCNCC1. The molecule has 3 nitrogen and oxygen atoms in total. The van der Waals surface area contributed by atoms with Crippen LogP contribution in [0.1, 0.15) is 18.5 Å². The van der Waals surface area contributed by atoms with E-state index < -0.39 is 6.36 Å². The molecule has 0 bridgehead atoms. The number of nitrogens with zero attached hydrogens (tertiary/aromatic N) is 1. The lowest BCUT2D eigenvalue weighted by Gasteiger charge is -2.33. The van der Waals surface area contributed by atoms with Gasteiger partial charge in [0.05, 0.1) is 0 Å². The molecule has 1 heterocycles. The molecule has 0 aromatic heterocycles. The fourth-order valence-electron chi connectivity index (χ4n) is 2.33.